The van der Waals surface area contributed by atoms with Gasteiger partial charge in [-0.3, -0.25) is 0 Å². The average Bonchev–Trinajstić information content (AvgIpc) is 2.39. The van der Waals surface area contributed by atoms with Crippen LogP contribution in [0.1, 0.15) is 17.2 Å². The molecule has 0 aromatic heterocycles. The second-order valence-corrected chi connectivity index (χ2v) is 5.31. The van der Waals surface area contributed by atoms with Gasteiger partial charge in [-0.2, -0.15) is 0 Å². The predicted molar refractivity (Wildman–Crippen MR) is 78.7 cm³/mol. The molecule has 2 aromatic rings. The van der Waals surface area contributed by atoms with E-state index in [1.165, 1.54) is 12.1 Å². The van der Waals surface area contributed by atoms with Crippen LogP contribution >= 0.6 is 15.9 Å². The summed E-state index contributed by atoms with van der Waals surface area (Å²) in [6.07, 6.45) is 0. The Balaban J connectivity index is 2.27. The Labute approximate surface area is 120 Å². The summed E-state index contributed by atoms with van der Waals surface area (Å²) in [5, 5.41) is 12.7. The van der Waals surface area contributed by atoms with Gasteiger partial charge in [0.25, 0.3) is 0 Å². The van der Waals surface area contributed by atoms with Crippen molar-refractivity contribution in [1.82, 2.24) is 0 Å². The lowest BCUT2D eigenvalue weighted by Gasteiger charge is -2.20. The van der Waals surface area contributed by atoms with Crippen molar-refractivity contribution in [3.8, 4) is 0 Å². The summed E-state index contributed by atoms with van der Waals surface area (Å²) in [6, 6.07) is 11.9. The summed E-state index contributed by atoms with van der Waals surface area (Å²) in [5.74, 6) is -0.296. The molecule has 0 radical (unpaired) electrons. The summed E-state index contributed by atoms with van der Waals surface area (Å²) in [5.41, 5.74) is 2.59. The number of hydrogen-bond donors (Lipinski definition) is 2. The lowest BCUT2D eigenvalue weighted by molar-refractivity contribution is 0.276. The molecule has 0 aliphatic carbocycles. The van der Waals surface area contributed by atoms with Crippen LogP contribution in [0.25, 0.3) is 0 Å². The largest absolute Gasteiger partial charge is 0.394 e. The lowest BCUT2D eigenvalue weighted by Crippen LogP contribution is -2.16. The number of benzene rings is 2. The van der Waals surface area contributed by atoms with E-state index in [9.17, 15) is 9.50 Å². The Morgan fingerprint density at radius 1 is 1.26 bits per heavy atom. The molecule has 0 bridgehead atoms. The number of aliphatic hydroxyl groups is 1. The molecule has 0 spiro atoms. The van der Waals surface area contributed by atoms with Gasteiger partial charge in [-0.25, -0.2) is 4.39 Å². The van der Waals surface area contributed by atoms with E-state index in [2.05, 4.69) is 21.2 Å². The third-order valence-corrected chi connectivity index (χ3v) is 3.46. The fraction of sp³-hybridized carbons (Fsp3) is 0.200. The number of halogens is 2. The SMILES string of the molecule is Cc1ccc(F)cc1C(CO)Nc1cccc(Br)c1. The topological polar surface area (TPSA) is 32.3 Å². The smallest absolute Gasteiger partial charge is 0.123 e. The van der Waals surface area contributed by atoms with Crippen LogP contribution in [0.15, 0.2) is 46.9 Å². The van der Waals surface area contributed by atoms with Gasteiger partial charge in [0, 0.05) is 10.2 Å². The van der Waals surface area contributed by atoms with Crippen LogP contribution in [-0.4, -0.2) is 11.7 Å². The number of aliphatic hydroxyl groups excluding tert-OH is 1. The molecule has 0 amide bonds. The minimum absolute atomic E-state index is 0.100. The Kier molecular flexibility index (Phi) is 4.56. The van der Waals surface area contributed by atoms with Crippen molar-refractivity contribution in [2.45, 2.75) is 13.0 Å². The Hall–Kier alpha value is -1.39. The van der Waals surface area contributed by atoms with E-state index in [4.69, 9.17) is 0 Å². The Morgan fingerprint density at radius 3 is 2.74 bits per heavy atom. The van der Waals surface area contributed by atoms with E-state index in [0.717, 1.165) is 21.3 Å². The molecular weight excluding hydrogens is 309 g/mol. The molecule has 1 unspecified atom stereocenters. The van der Waals surface area contributed by atoms with Gasteiger partial charge in [-0.1, -0.05) is 28.1 Å². The Morgan fingerprint density at radius 2 is 2.05 bits per heavy atom. The van der Waals surface area contributed by atoms with Crippen LogP contribution < -0.4 is 5.32 Å². The van der Waals surface area contributed by atoms with Crippen molar-refractivity contribution in [3.05, 3.63) is 63.9 Å². The van der Waals surface area contributed by atoms with Crippen molar-refractivity contribution in [1.29, 1.82) is 0 Å². The second kappa shape index (κ2) is 6.17. The number of nitrogens with one attached hydrogen (secondary N) is 1. The fourth-order valence-corrected chi connectivity index (χ4v) is 2.39. The van der Waals surface area contributed by atoms with E-state index in [1.54, 1.807) is 6.07 Å². The molecular formula is C15H15BrFNO. The van der Waals surface area contributed by atoms with Crippen LogP contribution in [0.3, 0.4) is 0 Å². The highest BCUT2D eigenvalue weighted by atomic mass is 79.9. The van der Waals surface area contributed by atoms with Crippen LogP contribution in [0.2, 0.25) is 0 Å². The molecule has 0 aliphatic heterocycles. The second-order valence-electron chi connectivity index (χ2n) is 4.39. The maximum absolute atomic E-state index is 13.3. The maximum Gasteiger partial charge on any atom is 0.123 e. The zero-order chi connectivity index (χ0) is 13.8. The Bertz CT molecular complexity index is 574. The van der Waals surface area contributed by atoms with Gasteiger partial charge in [-0.15, -0.1) is 0 Å². The molecule has 2 aromatic carbocycles. The highest BCUT2D eigenvalue weighted by Crippen LogP contribution is 2.24. The van der Waals surface area contributed by atoms with E-state index in [0.29, 0.717) is 0 Å². The molecule has 0 saturated heterocycles. The first kappa shape index (κ1) is 14.0. The van der Waals surface area contributed by atoms with Gasteiger partial charge in [0.05, 0.1) is 12.6 Å². The van der Waals surface area contributed by atoms with E-state index in [1.807, 2.05) is 31.2 Å². The average molecular weight is 324 g/mol. The van der Waals surface area contributed by atoms with E-state index < -0.39 is 0 Å². The lowest BCUT2D eigenvalue weighted by atomic mass is 10.0. The highest BCUT2D eigenvalue weighted by Gasteiger charge is 2.13. The predicted octanol–water partition coefficient (Wildman–Crippen LogP) is 4.04. The monoisotopic (exact) mass is 323 g/mol. The van der Waals surface area contributed by atoms with Crippen LogP contribution in [-0.2, 0) is 0 Å². The van der Waals surface area contributed by atoms with Gasteiger partial charge >= 0.3 is 0 Å². The van der Waals surface area contributed by atoms with Gasteiger partial charge < -0.3 is 10.4 Å². The molecule has 2 rings (SSSR count). The first-order chi connectivity index (χ1) is 9.10. The third-order valence-electron chi connectivity index (χ3n) is 2.96. The standard InChI is InChI=1S/C15H15BrFNO/c1-10-5-6-12(17)8-14(10)15(9-19)18-13-4-2-3-11(16)7-13/h2-8,15,18-19H,9H2,1H3. The van der Waals surface area contributed by atoms with Crippen molar-refractivity contribution in [3.63, 3.8) is 0 Å². The van der Waals surface area contributed by atoms with E-state index in [-0.39, 0.29) is 18.5 Å². The number of anilines is 1. The maximum atomic E-state index is 13.3. The quantitative estimate of drug-likeness (QED) is 0.889. The van der Waals surface area contributed by atoms with Crippen molar-refractivity contribution >= 4 is 21.6 Å². The highest BCUT2D eigenvalue weighted by molar-refractivity contribution is 9.10. The number of rotatable bonds is 4. The normalized spacial score (nSPS) is 12.2. The fourth-order valence-electron chi connectivity index (χ4n) is 1.99. The molecule has 0 saturated carbocycles. The van der Waals surface area contributed by atoms with Gasteiger partial charge in [0.1, 0.15) is 5.82 Å². The third kappa shape index (κ3) is 3.55. The zero-order valence-corrected chi connectivity index (χ0v) is 12.1. The van der Waals surface area contributed by atoms with E-state index >= 15 is 0 Å². The first-order valence-corrected chi connectivity index (χ1v) is 6.78. The van der Waals surface area contributed by atoms with Gasteiger partial charge in [-0.05, 0) is 48.4 Å². The molecule has 4 heteroatoms. The molecule has 1 atom stereocenters. The van der Waals surface area contributed by atoms with Crippen LogP contribution in [0.4, 0.5) is 10.1 Å². The summed E-state index contributed by atoms with van der Waals surface area (Å²) in [4.78, 5) is 0. The molecule has 100 valence electrons. The van der Waals surface area contributed by atoms with Crippen molar-refractivity contribution < 1.29 is 9.50 Å². The summed E-state index contributed by atoms with van der Waals surface area (Å²) in [6.45, 7) is 1.80. The van der Waals surface area contributed by atoms with Crippen LogP contribution in [0.5, 0.6) is 0 Å². The first-order valence-electron chi connectivity index (χ1n) is 5.99. The van der Waals surface area contributed by atoms with Crippen molar-refractivity contribution in [2.24, 2.45) is 0 Å². The minimum Gasteiger partial charge on any atom is -0.394 e. The summed E-state index contributed by atoms with van der Waals surface area (Å²) >= 11 is 3.39. The van der Waals surface area contributed by atoms with Crippen LogP contribution in [0, 0.1) is 12.7 Å². The molecule has 0 heterocycles. The van der Waals surface area contributed by atoms with Gasteiger partial charge in [0.15, 0.2) is 0 Å². The molecule has 0 aliphatic rings. The number of hydrogen-bond acceptors (Lipinski definition) is 2. The molecule has 2 N–H and O–H groups in total. The van der Waals surface area contributed by atoms with Crippen molar-refractivity contribution in [2.75, 3.05) is 11.9 Å². The summed E-state index contributed by atoms with van der Waals surface area (Å²) in [7, 11) is 0. The molecule has 19 heavy (non-hydrogen) atoms. The zero-order valence-electron chi connectivity index (χ0n) is 10.5. The molecule has 0 fully saturated rings. The minimum atomic E-state index is -0.329. The molecule has 2 nitrogen and oxygen atoms in total. The number of aryl methyl sites for hydroxylation is 1. The van der Waals surface area contributed by atoms with Gasteiger partial charge in [0.2, 0.25) is 0 Å². The summed E-state index contributed by atoms with van der Waals surface area (Å²) < 4.78 is 14.3.